The molecule has 3 heteroatoms. The SMILES string of the molecule is c1ccc(-c2ccc(-c3nc(-c4ccccc4)nc(-c4ccc5cc(-c6cccc7c6C6(c8ccccc8-c8ccccc86)c6ccccc6-7)ccc5c4)n3)cc2)cc1. The van der Waals surface area contributed by atoms with Gasteiger partial charge < -0.3 is 0 Å². The molecule has 0 N–H and O–H groups in total. The van der Waals surface area contributed by atoms with E-state index in [1.165, 1.54) is 61.2 Å². The molecule has 0 aliphatic heterocycles. The molecule has 0 saturated carbocycles. The minimum atomic E-state index is -0.413. The van der Waals surface area contributed by atoms with Crippen molar-refractivity contribution in [3.8, 4) is 78.7 Å². The standard InChI is InChI=1S/C56H35N3/c1-3-14-36(15-4-1)37-26-28-39(29-27-37)54-57-53(38-16-5-2-6-17-38)58-55(59-54)43-33-31-40-34-42(32-30-41(40)35-43)44-21-13-22-48-47-20-9-12-25-51(47)56(52(44)48)49-23-10-7-18-45(49)46-19-8-11-24-50(46)56/h1-35H. The number of benzene rings is 9. The van der Waals surface area contributed by atoms with Gasteiger partial charge in [-0.05, 0) is 89.7 Å². The Hall–Kier alpha value is -7.75. The number of rotatable bonds is 5. The summed E-state index contributed by atoms with van der Waals surface area (Å²) < 4.78 is 0. The molecule has 3 nitrogen and oxygen atoms in total. The normalized spacial score (nSPS) is 12.9. The van der Waals surface area contributed by atoms with E-state index in [0.29, 0.717) is 17.5 Å². The van der Waals surface area contributed by atoms with Gasteiger partial charge in [-0.1, -0.05) is 200 Å². The number of fused-ring (bicyclic) bond motifs is 11. The monoisotopic (exact) mass is 749 g/mol. The van der Waals surface area contributed by atoms with Gasteiger partial charge in [-0.3, -0.25) is 0 Å². The van der Waals surface area contributed by atoms with E-state index < -0.39 is 5.41 Å². The fourth-order valence-corrected chi connectivity index (χ4v) is 9.74. The van der Waals surface area contributed by atoms with Crippen molar-refractivity contribution in [2.24, 2.45) is 0 Å². The van der Waals surface area contributed by atoms with E-state index in [1.807, 2.05) is 24.3 Å². The number of hydrogen-bond acceptors (Lipinski definition) is 3. The number of aromatic nitrogens is 3. The average Bonchev–Trinajstić information content (AvgIpc) is 3.79. The molecule has 0 bridgehead atoms. The van der Waals surface area contributed by atoms with Crippen molar-refractivity contribution in [1.29, 1.82) is 0 Å². The van der Waals surface area contributed by atoms with Crippen LogP contribution in [0.3, 0.4) is 0 Å². The van der Waals surface area contributed by atoms with Crippen LogP contribution in [0.15, 0.2) is 212 Å². The first-order valence-electron chi connectivity index (χ1n) is 20.2. The maximum atomic E-state index is 5.09. The van der Waals surface area contributed by atoms with Gasteiger partial charge in [0.25, 0.3) is 0 Å². The molecule has 1 spiro atoms. The van der Waals surface area contributed by atoms with Crippen molar-refractivity contribution in [3.05, 3.63) is 235 Å². The van der Waals surface area contributed by atoms with Gasteiger partial charge in [0.05, 0.1) is 5.41 Å². The van der Waals surface area contributed by atoms with Crippen molar-refractivity contribution in [1.82, 2.24) is 15.0 Å². The van der Waals surface area contributed by atoms with Gasteiger partial charge in [-0.15, -0.1) is 0 Å². The van der Waals surface area contributed by atoms with Crippen molar-refractivity contribution in [2.75, 3.05) is 0 Å². The lowest BCUT2D eigenvalue weighted by atomic mass is 9.68. The summed E-state index contributed by atoms with van der Waals surface area (Å²) in [5, 5.41) is 2.29. The second kappa shape index (κ2) is 13.2. The predicted molar refractivity (Wildman–Crippen MR) is 241 cm³/mol. The molecule has 0 fully saturated rings. The van der Waals surface area contributed by atoms with E-state index in [9.17, 15) is 0 Å². The van der Waals surface area contributed by atoms with E-state index in [1.54, 1.807) is 0 Å². The third-order valence-corrected chi connectivity index (χ3v) is 12.3. The highest BCUT2D eigenvalue weighted by Gasteiger charge is 2.52. The van der Waals surface area contributed by atoms with Crippen molar-refractivity contribution < 1.29 is 0 Å². The van der Waals surface area contributed by atoms with Crippen LogP contribution in [0.5, 0.6) is 0 Å². The van der Waals surface area contributed by atoms with Gasteiger partial charge in [0.2, 0.25) is 0 Å². The Bertz CT molecular complexity index is 3200. The predicted octanol–water partition coefficient (Wildman–Crippen LogP) is 13.7. The third-order valence-electron chi connectivity index (χ3n) is 12.3. The first-order valence-corrected chi connectivity index (χ1v) is 20.2. The molecular formula is C56H35N3. The zero-order chi connectivity index (χ0) is 38.9. The highest BCUT2D eigenvalue weighted by Crippen LogP contribution is 2.64. The first-order chi connectivity index (χ1) is 29.2. The van der Waals surface area contributed by atoms with Crippen LogP contribution in [-0.2, 0) is 5.41 Å². The summed E-state index contributed by atoms with van der Waals surface area (Å²) in [6, 6.07) is 76.4. The Morgan fingerprint density at radius 2 is 0.627 bits per heavy atom. The van der Waals surface area contributed by atoms with Gasteiger partial charge in [-0.25, -0.2) is 15.0 Å². The van der Waals surface area contributed by atoms with Gasteiger partial charge in [-0.2, -0.15) is 0 Å². The molecule has 1 heterocycles. The van der Waals surface area contributed by atoms with Gasteiger partial charge in [0.1, 0.15) is 0 Å². The topological polar surface area (TPSA) is 38.7 Å². The molecule has 0 unspecified atom stereocenters. The highest BCUT2D eigenvalue weighted by atomic mass is 15.0. The van der Waals surface area contributed by atoms with Crippen LogP contribution in [0, 0.1) is 0 Å². The largest absolute Gasteiger partial charge is 0.208 e. The second-order valence-electron chi connectivity index (χ2n) is 15.5. The summed E-state index contributed by atoms with van der Waals surface area (Å²) in [6.07, 6.45) is 0. The Morgan fingerprint density at radius 3 is 1.22 bits per heavy atom. The molecule has 0 atom stereocenters. The van der Waals surface area contributed by atoms with Gasteiger partial charge in [0, 0.05) is 16.7 Å². The maximum Gasteiger partial charge on any atom is 0.164 e. The Morgan fingerprint density at radius 1 is 0.254 bits per heavy atom. The maximum absolute atomic E-state index is 5.09. The van der Waals surface area contributed by atoms with Crippen LogP contribution in [0.4, 0.5) is 0 Å². The molecule has 274 valence electrons. The van der Waals surface area contributed by atoms with Crippen LogP contribution in [0.25, 0.3) is 89.4 Å². The van der Waals surface area contributed by atoms with Crippen molar-refractivity contribution >= 4 is 10.8 Å². The van der Waals surface area contributed by atoms with E-state index in [0.717, 1.165) is 33.0 Å². The summed E-state index contributed by atoms with van der Waals surface area (Å²) >= 11 is 0. The lowest BCUT2D eigenvalue weighted by Gasteiger charge is -2.32. The molecule has 12 rings (SSSR count). The zero-order valence-electron chi connectivity index (χ0n) is 32.0. The molecule has 10 aromatic rings. The zero-order valence-corrected chi connectivity index (χ0v) is 32.0. The fraction of sp³-hybridized carbons (Fsp3) is 0.0179. The first kappa shape index (κ1) is 33.4. The molecular weight excluding hydrogens is 715 g/mol. The van der Waals surface area contributed by atoms with E-state index >= 15 is 0 Å². The second-order valence-corrected chi connectivity index (χ2v) is 15.5. The minimum absolute atomic E-state index is 0.413. The smallest absolute Gasteiger partial charge is 0.164 e. The van der Waals surface area contributed by atoms with Crippen LogP contribution in [0.2, 0.25) is 0 Å². The summed E-state index contributed by atoms with van der Waals surface area (Å²) in [5.74, 6) is 1.94. The summed E-state index contributed by atoms with van der Waals surface area (Å²) in [7, 11) is 0. The van der Waals surface area contributed by atoms with E-state index in [4.69, 9.17) is 15.0 Å². The van der Waals surface area contributed by atoms with Crippen LogP contribution in [-0.4, -0.2) is 15.0 Å². The summed E-state index contributed by atoms with van der Waals surface area (Å²) in [5.41, 5.74) is 17.8. The molecule has 0 amide bonds. The van der Waals surface area contributed by atoms with Crippen molar-refractivity contribution in [2.45, 2.75) is 5.41 Å². The fourth-order valence-electron chi connectivity index (χ4n) is 9.74. The van der Waals surface area contributed by atoms with Gasteiger partial charge in [0.15, 0.2) is 17.5 Å². The molecule has 0 radical (unpaired) electrons. The van der Waals surface area contributed by atoms with E-state index in [2.05, 4.69) is 188 Å². The molecule has 2 aliphatic carbocycles. The molecule has 2 aliphatic rings. The summed E-state index contributed by atoms with van der Waals surface area (Å²) in [6.45, 7) is 0. The average molecular weight is 750 g/mol. The lowest BCUT2D eigenvalue weighted by Crippen LogP contribution is -2.26. The van der Waals surface area contributed by atoms with Crippen LogP contribution >= 0.6 is 0 Å². The molecule has 1 aromatic heterocycles. The van der Waals surface area contributed by atoms with Crippen LogP contribution in [0.1, 0.15) is 22.3 Å². The Balaban J connectivity index is 0.981. The number of hydrogen-bond donors (Lipinski definition) is 0. The molecule has 0 saturated heterocycles. The Kier molecular flexibility index (Phi) is 7.45. The van der Waals surface area contributed by atoms with Crippen molar-refractivity contribution in [3.63, 3.8) is 0 Å². The Labute approximate surface area is 343 Å². The van der Waals surface area contributed by atoms with E-state index in [-0.39, 0.29) is 0 Å². The molecule has 9 aromatic carbocycles. The quantitative estimate of drug-likeness (QED) is 0.176. The molecule has 59 heavy (non-hydrogen) atoms. The number of nitrogens with zero attached hydrogens (tertiary/aromatic N) is 3. The third kappa shape index (κ3) is 5.11. The highest BCUT2D eigenvalue weighted by molar-refractivity contribution is 6.00. The van der Waals surface area contributed by atoms with Gasteiger partial charge >= 0.3 is 0 Å². The van der Waals surface area contributed by atoms with Crippen LogP contribution < -0.4 is 0 Å². The lowest BCUT2D eigenvalue weighted by molar-refractivity contribution is 0.796. The summed E-state index contributed by atoms with van der Waals surface area (Å²) in [4.78, 5) is 15.1. The minimum Gasteiger partial charge on any atom is -0.208 e.